The van der Waals surface area contributed by atoms with Crippen molar-refractivity contribution in [1.29, 1.82) is 0 Å². The van der Waals surface area contributed by atoms with Gasteiger partial charge in [-0.25, -0.2) is 4.79 Å². The number of carbonyl (C=O) groups is 1. The molecule has 3 nitrogen and oxygen atoms in total. The van der Waals surface area contributed by atoms with Crippen molar-refractivity contribution in [2.75, 3.05) is 7.11 Å². The average molecular weight is 194 g/mol. The first kappa shape index (κ1) is 8.38. The molecule has 0 aromatic carbocycles. The first-order valence-corrected chi connectivity index (χ1v) is 4.60. The molecule has 0 radical (unpaired) electrons. The standard InChI is InChI=1S/C8H7BO3S/c1-11-8(10)6-2-5-7(13-6)4(9)3-12-5/h2-3H,9H2,1H3. The van der Waals surface area contributed by atoms with Crippen LogP contribution in [0.15, 0.2) is 16.7 Å². The fraction of sp³-hybridized carbons (Fsp3) is 0.125. The minimum atomic E-state index is -0.309. The number of carbonyl (C=O) groups excluding carboxylic acids is 1. The van der Waals surface area contributed by atoms with Gasteiger partial charge in [0.1, 0.15) is 18.3 Å². The maximum absolute atomic E-state index is 11.1. The van der Waals surface area contributed by atoms with Crippen LogP contribution in [-0.2, 0) is 4.74 Å². The van der Waals surface area contributed by atoms with Crippen LogP contribution in [0.1, 0.15) is 9.67 Å². The number of esters is 1. The van der Waals surface area contributed by atoms with Gasteiger partial charge in [-0.1, -0.05) is 0 Å². The average Bonchev–Trinajstić information content (AvgIpc) is 2.67. The van der Waals surface area contributed by atoms with Crippen LogP contribution < -0.4 is 5.46 Å². The molecular formula is C8H7BO3S. The molecule has 5 heteroatoms. The zero-order valence-corrected chi connectivity index (χ0v) is 8.10. The van der Waals surface area contributed by atoms with Crippen molar-refractivity contribution < 1.29 is 13.9 Å². The van der Waals surface area contributed by atoms with Gasteiger partial charge in [-0.2, -0.15) is 0 Å². The van der Waals surface area contributed by atoms with Crippen molar-refractivity contribution in [3.05, 3.63) is 17.2 Å². The van der Waals surface area contributed by atoms with Crippen LogP contribution in [0.25, 0.3) is 10.3 Å². The molecule has 0 fully saturated rings. The molecule has 0 unspecified atom stereocenters. The van der Waals surface area contributed by atoms with Crippen molar-refractivity contribution in [1.82, 2.24) is 0 Å². The van der Waals surface area contributed by atoms with E-state index in [0.29, 0.717) is 4.88 Å². The summed E-state index contributed by atoms with van der Waals surface area (Å²) in [5.41, 5.74) is 1.80. The fourth-order valence-corrected chi connectivity index (χ4v) is 2.11. The number of thiophene rings is 1. The van der Waals surface area contributed by atoms with Crippen LogP contribution in [0.3, 0.4) is 0 Å². The summed E-state index contributed by atoms with van der Waals surface area (Å²) < 4.78 is 10.8. The molecular weight excluding hydrogens is 187 g/mol. The Balaban J connectivity index is 2.56. The molecule has 0 aliphatic rings. The Hall–Kier alpha value is -1.23. The van der Waals surface area contributed by atoms with Crippen LogP contribution in [0.4, 0.5) is 0 Å². The van der Waals surface area contributed by atoms with Gasteiger partial charge in [0.2, 0.25) is 0 Å². The lowest BCUT2D eigenvalue weighted by Gasteiger charge is -1.90. The molecule has 0 aliphatic carbocycles. The van der Waals surface area contributed by atoms with Gasteiger partial charge in [-0.15, -0.1) is 11.3 Å². The normalized spacial score (nSPS) is 10.5. The minimum absolute atomic E-state index is 0.309. The number of furan rings is 1. The summed E-state index contributed by atoms with van der Waals surface area (Å²) in [6, 6.07) is 1.71. The summed E-state index contributed by atoms with van der Waals surface area (Å²) >= 11 is 1.39. The topological polar surface area (TPSA) is 39.4 Å². The Kier molecular flexibility index (Phi) is 1.88. The maximum atomic E-state index is 11.1. The van der Waals surface area contributed by atoms with E-state index in [0.717, 1.165) is 15.7 Å². The Labute approximate surface area is 79.7 Å². The first-order chi connectivity index (χ1) is 6.22. The molecule has 0 spiro atoms. The Morgan fingerprint density at radius 3 is 3.08 bits per heavy atom. The number of hydrogen-bond acceptors (Lipinski definition) is 4. The summed E-state index contributed by atoms with van der Waals surface area (Å²) in [7, 11) is 3.32. The Morgan fingerprint density at radius 2 is 2.46 bits per heavy atom. The van der Waals surface area contributed by atoms with Crippen molar-refractivity contribution in [3.63, 3.8) is 0 Å². The van der Waals surface area contributed by atoms with Crippen molar-refractivity contribution in [2.45, 2.75) is 0 Å². The summed E-state index contributed by atoms with van der Waals surface area (Å²) in [4.78, 5) is 11.7. The van der Waals surface area contributed by atoms with Gasteiger partial charge in [-0.3, -0.25) is 0 Å². The van der Waals surface area contributed by atoms with Gasteiger partial charge in [0, 0.05) is 6.07 Å². The summed E-state index contributed by atoms with van der Waals surface area (Å²) in [6.07, 6.45) is 1.68. The molecule has 0 aliphatic heterocycles. The lowest BCUT2D eigenvalue weighted by atomic mass is 10.0. The van der Waals surface area contributed by atoms with E-state index in [4.69, 9.17) is 4.42 Å². The highest BCUT2D eigenvalue weighted by Crippen LogP contribution is 2.24. The predicted octanol–water partition coefficient (Wildman–Crippen LogP) is 0.539. The second kappa shape index (κ2) is 2.92. The largest absolute Gasteiger partial charge is 0.465 e. The highest BCUT2D eigenvalue weighted by atomic mass is 32.1. The van der Waals surface area contributed by atoms with E-state index >= 15 is 0 Å². The van der Waals surface area contributed by atoms with E-state index in [2.05, 4.69) is 4.74 Å². The molecule has 0 saturated heterocycles. The maximum Gasteiger partial charge on any atom is 0.348 e. The molecule has 0 atom stereocenters. The SMILES string of the molecule is Bc1coc2cc(C(=O)OC)sc12. The molecule has 0 amide bonds. The minimum Gasteiger partial charge on any atom is -0.465 e. The van der Waals surface area contributed by atoms with Gasteiger partial charge >= 0.3 is 5.97 Å². The second-order valence-electron chi connectivity index (χ2n) is 2.71. The number of hydrogen-bond donors (Lipinski definition) is 0. The lowest BCUT2D eigenvalue weighted by molar-refractivity contribution is 0.0606. The van der Waals surface area contributed by atoms with Crippen LogP contribution in [-0.4, -0.2) is 20.9 Å². The van der Waals surface area contributed by atoms with Gasteiger partial charge < -0.3 is 9.15 Å². The van der Waals surface area contributed by atoms with E-state index in [1.807, 2.05) is 7.85 Å². The highest BCUT2D eigenvalue weighted by Gasteiger charge is 2.13. The van der Waals surface area contributed by atoms with E-state index in [1.165, 1.54) is 18.4 Å². The zero-order chi connectivity index (χ0) is 9.42. The van der Waals surface area contributed by atoms with Gasteiger partial charge in [-0.05, 0) is 5.46 Å². The number of rotatable bonds is 1. The summed E-state index contributed by atoms with van der Waals surface area (Å²) in [5, 5.41) is 0. The van der Waals surface area contributed by atoms with Crippen LogP contribution in [0.5, 0.6) is 0 Å². The first-order valence-electron chi connectivity index (χ1n) is 3.78. The molecule has 2 aromatic rings. The zero-order valence-electron chi connectivity index (χ0n) is 7.29. The lowest BCUT2D eigenvalue weighted by Crippen LogP contribution is -1.97. The monoisotopic (exact) mass is 194 g/mol. The van der Waals surface area contributed by atoms with E-state index in [-0.39, 0.29) is 5.97 Å². The van der Waals surface area contributed by atoms with Gasteiger partial charge in [0.25, 0.3) is 0 Å². The Bertz CT molecular complexity index is 457. The van der Waals surface area contributed by atoms with E-state index in [9.17, 15) is 4.79 Å². The molecule has 13 heavy (non-hydrogen) atoms. The third kappa shape index (κ3) is 1.25. The van der Waals surface area contributed by atoms with Crippen molar-refractivity contribution >= 4 is 40.9 Å². The van der Waals surface area contributed by atoms with Crippen LogP contribution >= 0.6 is 11.3 Å². The fourth-order valence-electron chi connectivity index (χ4n) is 1.14. The number of ether oxygens (including phenoxy) is 1. The second-order valence-corrected chi connectivity index (χ2v) is 3.77. The molecule has 2 rings (SSSR count). The number of fused-ring (bicyclic) bond motifs is 1. The Morgan fingerprint density at radius 1 is 1.69 bits per heavy atom. The van der Waals surface area contributed by atoms with Crippen molar-refractivity contribution in [3.8, 4) is 0 Å². The molecule has 2 aromatic heterocycles. The number of methoxy groups -OCH3 is 1. The van der Waals surface area contributed by atoms with Gasteiger partial charge in [0.15, 0.2) is 0 Å². The molecule has 0 bridgehead atoms. The smallest absolute Gasteiger partial charge is 0.348 e. The molecule has 2 heterocycles. The predicted molar refractivity (Wildman–Crippen MR) is 53.6 cm³/mol. The quantitative estimate of drug-likeness (QED) is 0.491. The molecule has 0 N–H and O–H groups in total. The van der Waals surface area contributed by atoms with Crippen LogP contribution in [0.2, 0.25) is 0 Å². The summed E-state index contributed by atoms with van der Waals surface area (Å²) in [6.45, 7) is 0. The van der Waals surface area contributed by atoms with Gasteiger partial charge in [0.05, 0.1) is 18.1 Å². The van der Waals surface area contributed by atoms with E-state index < -0.39 is 0 Å². The van der Waals surface area contributed by atoms with Crippen LogP contribution in [0, 0.1) is 0 Å². The van der Waals surface area contributed by atoms with Crippen molar-refractivity contribution in [2.24, 2.45) is 0 Å². The highest BCUT2D eigenvalue weighted by molar-refractivity contribution is 7.21. The third-order valence-electron chi connectivity index (χ3n) is 1.81. The molecule has 66 valence electrons. The molecule has 0 saturated carbocycles. The summed E-state index contributed by atoms with van der Waals surface area (Å²) in [5.74, 6) is -0.309. The van der Waals surface area contributed by atoms with E-state index in [1.54, 1.807) is 12.3 Å². The third-order valence-corrected chi connectivity index (χ3v) is 3.04.